The Morgan fingerprint density at radius 3 is 2.31 bits per heavy atom. The SMILES string of the molecule is CCC(C)C1=CC([Si](C)(C)C2C=Cc3ccccc32)c2ccccc21.[LiH]. The van der Waals surface area contributed by atoms with Crippen molar-refractivity contribution in [2.24, 2.45) is 5.92 Å². The van der Waals surface area contributed by atoms with Crippen molar-refractivity contribution >= 4 is 38.6 Å². The zero-order chi connectivity index (χ0) is 17.6. The van der Waals surface area contributed by atoms with Gasteiger partial charge in [0.25, 0.3) is 0 Å². The van der Waals surface area contributed by atoms with Crippen molar-refractivity contribution in [2.45, 2.75) is 44.4 Å². The van der Waals surface area contributed by atoms with Gasteiger partial charge < -0.3 is 0 Å². The average Bonchev–Trinajstić information content (AvgIpc) is 3.23. The van der Waals surface area contributed by atoms with E-state index in [9.17, 15) is 0 Å². The van der Waals surface area contributed by atoms with Crippen LogP contribution >= 0.6 is 0 Å². The van der Waals surface area contributed by atoms with Gasteiger partial charge in [0, 0.05) is 0 Å². The van der Waals surface area contributed by atoms with Crippen molar-refractivity contribution in [3.63, 3.8) is 0 Å². The molecule has 2 aliphatic rings. The van der Waals surface area contributed by atoms with Crippen LogP contribution in [0.2, 0.25) is 13.1 Å². The molecule has 130 valence electrons. The predicted octanol–water partition coefficient (Wildman–Crippen LogP) is 6.16. The van der Waals surface area contributed by atoms with Crippen molar-refractivity contribution < 1.29 is 0 Å². The van der Waals surface area contributed by atoms with Gasteiger partial charge in [-0.25, -0.2) is 0 Å². The summed E-state index contributed by atoms with van der Waals surface area (Å²) < 4.78 is 0. The molecule has 2 aromatic rings. The van der Waals surface area contributed by atoms with E-state index in [2.05, 4.69) is 93.7 Å². The Balaban J connectivity index is 0.00000196. The van der Waals surface area contributed by atoms with Crippen LogP contribution in [0.1, 0.15) is 53.6 Å². The number of hydrogen-bond acceptors (Lipinski definition) is 0. The van der Waals surface area contributed by atoms with Gasteiger partial charge in [-0.15, -0.1) is 0 Å². The summed E-state index contributed by atoms with van der Waals surface area (Å²) in [6, 6.07) is 18.1. The van der Waals surface area contributed by atoms with E-state index in [-0.39, 0.29) is 18.9 Å². The van der Waals surface area contributed by atoms with Crippen molar-refractivity contribution in [2.75, 3.05) is 0 Å². The molecule has 0 bridgehead atoms. The van der Waals surface area contributed by atoms with E-state index < -0.39 is 8.07 Å². The number of fused-ring (bicyclic) bond motifs is 2. The summed E-state index contributed by atoms with van der Waals surface area (Å²) in [5.74, 6) is 0.641. The van der Waals surface area contributed by atoms with Crippen molar-refractivity contribution in [1.29, 1.82) is 0 Å². The quantitative estimate of drug-likeness (QED) is 0.578. The summed E-state index contributed by atoms with van der Waals surface area (Å²) in [7, 11) is -1.60. The van der Waals surface area contributed by atoms with E-state index in [1.54, 1.807) is 16.7 Å². The van der Waals surface area contributed by atoms with Crippen molar-refractivity contribution in [3.8, 4) is 0 Å². The molecule has 0 saturated heterocycles. The van der Waals surface area contributed by atoms with Gasteiger partial charge in [-0.2, -0.15) is 0 Å². The summed E-state index contributed by atoms with van der Waals surface area (Å²) >= 11 is 0. The van der Waals surface area contributed by atoms with Gasteiger partial charge in [-0.3, -0.25) is 0 Å². The fraction of sp³-hybridized carbons (Fsp3) is 0.333. The first-order valence-electron chi connectivity index (χ1n) is 9.62. The van der Waals surface area contributed by atoms with Gasteiger partial charge in [-0.1, -0.05) is 93.7 Å². The van der Waals surface area contributed by atoms with Crippen LogP contribution in [0.4, 0.5) is 0 Å². The fourth-order valence-electron chi connectivity index (χ4n) is 4.75. The number of benzene rings is 2. The van der Waals surface area contributed by atoms with E-state index in [0.717, 1.165) is 0 Å². The van der Waals surface area contributed by atoms with Crippen LogP contribution in [0, 0.1) is 5.92 Å². The maximum atomic E-state index is 2.64. The number of allylic oxidation sites excluding steroid dienone is 3. The second-order valence-corrected chi connectivity index (χ2v) is 13.2. The Morgan fingerprint density at radius 2 is 1.58 bits per heavy atom. The topological polar surface area (TPSA) is 0 Å². The molecule has 0 amide bonds. The van der Waals surface area contributed by atoms with Crippen LogP contribution in [-0.2, 0) is 0 Å². The molecule has 0 heterocycles. The minimum atomic E-state index is -1.60. The van der Waals surface area contributed by atoms with Crippen LogP contribution in [0.15, 0.2) is 60.7 Å². The monoisotopic (exact) mass is 352 g/mol. The average molecular weight is 353 g/mol. The number of hydrogen-bond donors (Lipinski definition) is 0. The second-order valence-electron chi connectivity index (χ2n) is 8.28. The summed E-state index contributed by atoms with van der Waals surface area (Å²) in [5.41, 5.74) is 8.85. The van der Waals surface area contributed by atoms with Gasteiger partial charge in [0.05, 0.1) is 8.07 Å². The van der Waals surface area contributed by atoms with E-state index in [0.29, 0.717) is 17.0 Å². The third-order valence-corrected chi connectivity index (χ3v) is 10.7. The van der Waals surface area contributed by atoms with E-state index in [1.165, 1.54) is 17.5 Å². The molecule has 4 rings (SSSR count). The van der Waals surface area contributed by atoms with Gasteiger partial charge >= 0.3 is 18.9 Å². The predicted molar refractivity (Wildman–Crippen MR) is 119 cm³/mol. The molecular formula is C24H29LiSi. The summed E-state index contributed by atoms with van der Waals surface area (Å²) in [4.78, 5) is 0. The minimum absolute atomic E-state index is 0. The Kier molecular flexibility index (Phi) is 5.54. The van der Waals surface area contributed by atoms with Crippen LogP contribution in [0.25, 0.3) is 11.6 Å². The summed E-state index contributed by atoms with van der Waals surface area (Å²) in [5, 5.41) is 0. The zero-order valence-electron chi connectivity index (χ0n) is 15.8. The second kappa shape index (κ2) is 7.39. The molecule has 0 fully saturated rings. The Hall–Kier alpha value is -1.27. The fourth-order valence-corrected chi connectivity index (χ4v) is 8.45. The third kappa shape index (κ3) is 3.01. The molecule has 0 spiro atoms. The third-order valence-electron chi connectivity index (χ3n) is 6.50. The molecule has 0 radical (unpaired) electrons. The van der Waals surface area contributed by atoms with Gasteiger partial charge in [0.15, 0.2) is 0 Å². The van der Waals surface area contributed by atoms with E-state index >= 15 is 0 Å². The van der Waals surface area contributed by atoms with E-state index in [4.69, 9.17) is 0 Å². The molecule has 0 aromatic heterocycles. The Labute approximate surface area is 171 Å². The van der Waals surface area contributed by atoms with Crippen LogP contribution in [-0.4, -0.2) is 26.9 Å². The molecule has 0 saturated carbocycles. The van der Waals surface area contributed by atoms with Crippen LogP contribution < -0.4 is 0 Å². The number of rotatable bonds is 4. The zero-order valence-corrected chi connectivity index (χ0v) is 16.8. The first kappa shape index (κ1) is 19.5. The van der Waals surface area contributed by atoms with Crippen LogP contribution in [0.3, 0.4) is 0 Å². The van der Waals surface area contributed by atoms with Crippen molar-refractivity contribution in [3.05, 3.63) is 82.9 Å². The molecule has 2 aliphatic carbocycles. The molecule has 0 nitrogen and oxygen atoms in total. The Morgan fingerprint density at radius 1 is 0.923 bits per heavy atom. The van der Waals surface area contributed by atoms with Gasteiger partial charge in [-0.05, 0) is 51.2 Å². The first-order valence-corrected chi connectivity index (χ1v) is 12.8. The van der Waals surface area contributed by atoms with E-state index in [1.807, 2.05) is 0 Å². The van der Waals surface area contributed by atoms with Crippen molar-refractivity contribution in [1.82, 2.24) is 0 Å². The Bertz CT molecular complexity index is 862. The molecule has 2 heteroatoms. The molecule has 0 aliphatic heterocycles. The molecule has 0 N–H and O–H groups in total. The molecule has 26 heavy (non-hydrogen) atoms. The molecule has 3 unspecified atom stereocenters. The molecular weight excluding hydrogens is 323 g/mol. The normalized spacial score (nSPS) is 21.6. The summed E-state index contributed by atoms with van der Waals surface area (Å²) in [6.45, 7) is 9.85. The standard InChI is InChI=1S/C24H28Si.Li.H/c1-5-17(2)22-16-24(21-13-9-8-12-20(21)22)25(3,4)23-15-14-18-10-6-7-11-19(18)23;;/h6-17,23-24H,5H2,1-4H3;;. The van der Waals surface area contributed by atoms with Crippen LogP contribution in [0.5, 0.6) is 0 Å². The first-order chi connectivity index (χ1) is 12.0. The molecule has 3 atom stereocenters. The summed E-state index contributed by atoms with van der Waals surface area (Å²) in [6.07, 6.45) is 8.67. The maximum absolute atomic E-state index is 2.64. The molecule has 2 aromatic carbocycles. The van der Waals surface area contributed by atoms with Gasteiger partial charge in [0.1, 0.15) is 0 Å². The van der Waals surface area contributed by atoms with Gasteiger partial charge in [0.2, 0.25) is 0 Å².